The van der Waals surface area contributed by atoms with E-state index in [2.05, 4.69) is 9.97 Å². The quantitative estimate of drug-likeness (QED) is 0.147. The predicted molar refractivity (Wildman–Crippen MR) is 170 cm³/mol. The molecule has 0 amide bonds. The van der Waals surface area contributed by atoms with Crippen LogP contribution in [0.15, 0.2) is 24.3 Å². The number of nitrogens with zero attached hydrogens (tertiary/aromatic N) is 2. The van der Waals surface area contributed by atoms with Gasteiger partial charge in [0.05, 0.1) is 35.0 Å². The molecule has 0 saturated heterocycles. The molecule has 10 nitrogen and oxygen atoms in total. The molecular weight excluding hydrogens is 615 g/mol. The zero-order valence-corrected chi connectivity index (χ0v) is 27.4. The number of aromatic nitrogens is 4. The molecule has 2 aliphatic rings. The number of aliphatic hydroxyl groups excluding tert-OH is 2. The molecule has 11 heteroatoms. The number of H-pyrrole nitrogens is 2. The van der Waals surface area contributed by atoms with Crippen molar-refractivity contribution >= 4 is 56.3 Å². The summed E-state index contributed by atoms with van der Waals surface area (Å²) in [5, 5.41) is 40.5. The summed E-state index contributed by atoms with van der Waals surface area (Å²) in [6.07, 6.45) is -1.18. The van der Waals surface area contributed by atoms with E-state index in [9.17, 15) is 30.0 Å². The number of nitrogens with one attached hydrogen (secondary N) is 2. The number of aliphatic hydroxyl groups is 2. The van der Waals surface area contributed by atoms with Gasteiger partial charge in [-0.3, -0.25) is 9.59 Å². The number of rotatable bonds is 8. The Morgan fingerprint density at radius 1 is 0.644 bits per heavy atom. The molecule has 2 atom stereocenters. The maximum Gasteiger partial charge on any atom is 0.303 e. The average Bonchev–Trinajstić information content (AvgIpc) is 3.59. The van der Waals surface area contributed by atoms with Crippen LogP contribution in [0.3, 0.4) is 0 Å². The van der Waals surface area contributed by atoms with Crippen molar-refractivity contribution in [3.8, 4) is 0 Å². The fraction of sp³-hybridized carbons (Fsp3) is 0.353. The molecule has 0 fully saturated rings. The van der Waals surface area contributed by atoms with E-state index in [1.165, 1.54) is 0 Å². The predicted octanol–water partition coefficient (Wildman–Crippen LogP) is 6.63. The summed E-state index contributed by atoms with van der Waals surface area (Å²) in [7, 11) is 0. The minimum atomic E-state index is -0.921. The number of carbonyl (C=O) groups is 2. The van der Waals surface area contributed by atoms with Crippen LogP contribution in [0, 0.1) is 13.8 Å². The van der Waals surface area contributed by atoms with Crippen molar-refractivity contribution < 1.29 is 47.1 Å². The maximum atomic E-state index is 11.6. The van der Waals surface area contributed by atoms with Crippen LogP contribution in [0.4, 0.5) is 0 Å². The van der Waals surface area contributed by atoms with E-state index < -0.39 is 24.1 Å². The number of allylic oxidation sites excluding steroid dienone is 4. The molecule has 0 saturated carbocycles. The smallest absolute Gasteiger partial charge is 0.303 e. The van der Waals surface area contributed by atoms with Crippen LogP contribution < -0.4 is 0 Å². The summed E-state index contributed by atoms with van der Waals surface area (Å²) < 4.78 is 0. The Labute approximate surface area is 271 Å². The first-order valence-electron chi connectivity index (χ1n) is 14.7. The van der Waals surface area contributed by atoms with Gasteiger partial charge in [-0.15, -0.1) is 0 Å². The van der Waals surface area contributed by atoms with Gasteiger partial charge in [0.1, 0.15) is 0 Å². The van der Waals surface area contributed by atoms with Gasteiger partial charge in [0.25, 0.3) is 0 Å². The van der Waals surface area contributed by atoms with E-state index in [-0.39, 0.29) is 42.8 Å². The van der Waals surface area contributed by atoms with Gasteiger partial charge in [-0.1, -0.05) is 0 Å². The fourth-order valence-electron chi connectivity index (χ4n) is 6.32. The fourth-order valence-corrected chi connectivity index (χ4v) is 6.32. The largest absolute Gasteiger partial charge is 0.481 e. The van der Waals surface area contributed by atoms with Gasteiger partial charge in [-0.25, -0.2) is 9.97 Å². The topological polar surface area (TPSA) is 172 Å². The number of hydrogen-bond acceptors (Lipinski definition) is 6. The average molecular weight is 654 g/mol. The van der Waals surface area contributed by atoms with Crippen molar-refractivity contribution in [3.05, 3.63) is 69.3 Å². The third-order valence-electron chi connectivity index (χ3n) is 8.65. The Kier molecular flexibility index (Phi) is 9.89. The molecule has 3 aromatic rings. The van der Waals surface area contributed by atoms with Crippen LogP contribution in [0.1, 0.15) is 111 Å². The maximum absolute atomic E-state index is 11.6. The monoisotopic (exact) mass is 653 g/mol. The number of fused-ring (bicyclic) bond motifs is 8. The molecule has 2 aliphatic heterocycles. The minimum Gasteiger partial charge on any atom is -0.481 e. The Morgan fingerprint density at radius 3 is 1.42 bits per heavy atom. The van der Waals surface area contributed by atoms with Gasteiger partial charge in [0, 0.05) is 63.1 Å². The van der Waals surface area contributed by atoms with Crippen LogP contribution in [0.25, 0.3) is 44.4 Å². The number of aromatic amines is 2. The zero-order valence-electron chi connectivity index (χ0n) is 26.2. The van der Waals surface area contributed by atoms with Crippen molar-refractivity contribution in [3.63, 3.8) is 0 Å². The second-order valence-corrected chi connectivity index (χ2v) is 11.7. The summed E-state index contributed by atoms with van der Waals surface area (Å²) in [5.41, 5.74) is 11.7. The standard InChI is InChI=1S/C34H38N4O6.Mn/c1-15-21(7-9-31(41)42)27-14-28-22(8-10-32(43)44)16(2)24(36-28)12-29-34(20(6)40)18(4)26(38-29)13-30-33(19(5)39)17(3)25(37-30)11-23(15)35-27;/h11-14,19-20,37-40H,7-10H2,1-6H3,(H,41,42)(H,43,44);. The molecule has 6 N–H and O–H groups in total. The Hall–Kier alpha value is -4.02. The number of aryl methyl sites for hydroxylation is 2. The Morgan fingerprint density at radius 2 is 1.02 bits per heavy atom. The third kappa shape index (κ3) is 6.53. The van der Waals surface area contributed by atoms with Crippen LogP contribution in [-0.4, -0.2) is 52.3 Å². The summed E-state index contributed by atoms with van der Waals surface area (Å²) >= 11 is 0. The first kappa shape index (κ1) is 33.9. The SMILES string of the molecule is CC1=C(CCC(=O)O)c2cc3nc(cc4[nH]c(cc5[nH]c(cc1n2)c(C)c5C(C)O)c(C)c4C(C)O)C(C)=C3CCC(=O)O.[Mn]. The Balaban J connectivity index is 0.00000461. The van der Waals surface area contributed by atoms with Crippen LogP contribution >= 0.6 is 0 Å². The van der Waals surface area contributed by atoms with E-state index in [1.54, 1.807) is 13.8 Å². The molecule has 1 radical (unpaired) electrons. The minimum absolute atomic E-state index is 0. The van der Waals surface area contributed by atoms with Gasteiger partial charge in [-0.05, 0) is 112 Å². The van der Waals surface area contributed by atoms with Crippen molar-refractivity contribution in [2.75, 3.05) is 0 Å². The molecular formula is C34H38MnN4O6. The summed E-state index contributed by atoms with van der Waals surface area (Å²) in [6.45, 7) is 11.1. The summed E-state index contributed by atoms with van der Waals surface area (Å²) in [5.74, 6) is -1.84. The molecule has 5 rings (SSSR count). The second-order valence-electron chi connectivity index (χ2n) is 11.7. The molecule has 0 spiro atoms. The molecule has 45 heavy (non-hydrogen) atoms. The molecule has 0 aliphatic carbocycles. The number of aliphatic carboxylic acids is 2. The molecule has 5 heterocycles. The van der Waals surface area contributed by atoms with Gasteiger partial charge in [-0.2, -0.15) is 0 Å². The first-order chi connectivity index (χ1) is 20.8. The summed E-state index contributed by atoms with van der Waals surface area (Å²) in [4.78, 5) is 39.8. The summed E-state index contributed by atoms with van der Waals surface area (Å²) in [6, 6.07) is 7.51. The normalized spacial score (nSPS) is 14.4. The van der Waals surface area contributed by atoms with Gasteiger partial charge < -0.3 is 30.4 Å². The van der Waals surface area contributed by atoms with Gasteiger partial charge in [0.15, 0.2) is 0 Å². The molecule has 237 valence electrons. The van der Waals surface area contributed by atoms with Crippen LogP contribution in [0.5, 0.6) is 0 Å². The number of carboxylic acids is 2. The van der Waals surface area contributed by atoms with Crippen molar-refractivity contribution in [1.29, 1.82) is 0 Å². The van der Waals surface area contributed by atoms with Crippen LogP contribution in [0.2, 0.25) is 0 Å². The molecule has 0 aromatic carbocycles. The molecule has 8 bridgehead atoms. The zero-order chi connectivity index (χ0) is 32.0. The van der Waals surface area contributed by atoms with E-state index in [4.69, 9.17) is 9.97 Å². The molecule has 3 aromatic heterocycles. The van der Waals surface area contributed by atoms with Gasteiger partial charge in [0.2, 0.25) is 0 Å². The van der Waals surface area contributed by atoms with E-state index in [0.29, 0.717) is 39.4 Å². The van der Waals surface area contributed by atoms with Crippen molar-refractivity contribution in [2.24, 2.45) is 0 Å². The third-order valence-corrected chi connectivity index (χ3v) is 8.65. The van der Waals surface area contributed by atoms with Crippen molar-refractivity contribution in [2.45, 2.75) is 79.4 Å². The first-order valence-corrected chi connectivity index (χ1v) is 14.7. The van der Waals surface area contributed by atoms with E-state index in [1.807, 2.05) is 52.0 Å². The Bertz CT molecular complexity index is 1930. The van der Waals surface area contributed by atoms with E-state index in [0.717, 1.165) is 50.0 Å². The molecule has 2 unspecified atom stereocenters. The number of carboxylic acid groups (broad SMARTS) is 2. The number of hydrogen-bond donors (Lipinski definition) is 6. The van der Waals surface area contributed by atoms with Crippen LogP contribution in [-0.2, 0) is 26.7 Å². The van der Waals surface area contributed by atoms with Crippen molar-refractivity contribution in [1.82, 2.24) is 19.9 Å². The van der Waals surface area contributed by atoms with Gasteiger partial charge >= 0.3 is 11.9 Å². The second kappa shape index (κ2) is 13.1. The van der Waals surface area contributed by atoms with E-state index >= 15 is 0 Å².